The Morgan fingerprint density at radius 1 is 1.25 bits per heavy atom. The Morgan fingerprint density at radius 3 is 2.50 bits per heavy atom. The van der Waals surface area contributed by atoms with Gasteiger partial charge in [-0.25, -0.2) is 13.6 Å². The predicted molar refractivity (Wildman–Crippen MR) is 110 cm³/mol. The maximum Gasteiger partial charge on any atom is 0.238 e. The topological polar surface area (TPSA) is 102 Å². The molecule has 2 rings (SSSR count). The van der Waals surface area contributed by atoms with E-state index < -0.39 is 10.0 Å². The van der Waals surface area contributed by atoms with Gasteiger partial charge >= 0.3 is 0 Å². The molecule has 0 saturated carbocycles. The van der Waals surface area contributed by atoms with Crippen molar-refractivity contribution in [1.29, 1.82) is 0 Å². The van der Waals surface area contributed by atoms with E-state index in [1.807, 2.05) is 50.1 Å². The number of nitrogens with one attached hydrogen (secondary N) is 1. The fourth-order valence-corrected chi connectivity index (χ4v) is 3.55. The third-order valence-corrected chi connectivity index (χ3v) is 5.78. The number of ether oxygens (including phenoxy) is 1. The van der Waals surface area contributed by atoms with Gasteiger partial charge in [0.25, 0.3) is 0 Å². The molecule has 1 amide bonds. The summed E-state index contributed by atoms with van der Waals surface area (Å²) in [6, 6.07) is 10.5. The lowest BCUT2D eigenvalue weighted by Gasteiger charge is -2.26. The maximum atomic E-state index is 12.6. The van der Waals surface area contributed by atoms with E-state index in [1.165, 1.54) is 12.1 Å². The van der Waals surface area contributed by atoms with Crippen LogP contribution >= 0.6 is 0 Å². The van der Waals surface area contributed by atoms with Crippen molar-refractivity contribution in [2.75, 3.05) is 26.0 Å². The highest BCUT2D eigenvalue weighted by molar-refractivity contribution is 7.89. The number of benzene rings is 2. The number of hydrogen-bond donors (Lipinski definition) is 2. The molecule has 28 heavy (non-hydrogen) atoms. The summed E-state index contributed by atoms with van der Waals surface area (Å²) in [5.74, 6) is 0.507. The van der Waals surface area contributed by atoms with Crippen LogP contribution in [0.25, 0.3) is 0 Å². The second-order valence-corrected chi connectivity index (χ2v) is 8.40. The first kappa shape index (κ1) is 21.9. The molecule has 0 radical (unpaired) electrons. The molecular weight excluding hydrogens is 378 g/mol. The number of hydrogen-bond acceptors (Lipinski definition) is 5. The molecule has 1 unspecified atom stereocenters. The normalized spacial score (nSPS) is 12.7. The number of nitrogens with two attached hydrogens (primary N) is 1. The monoisotopic (exact) mass is 405 g/mol. The Morgan fingerprint density at radius 2 is 1.89 bits per heavy atom. The van der Waals surface area contributed by atoms with Gasteiger partial charge in [-0.3, -0.25) is 9.69 Å². The standard InChI is InChI=1S/C20H27N3O4S/c1-13-10-16(28(21,25)26)11-18(14(13)2)22-20(24)12-23(4)15(3)17-8-6-7-9-19(17)27-5/h6-11,15H,12H2,1-5H3,(H,22,24)(H2,21,25,26). The quantitative estimate of drug-likeness (QED) is 0.737. The summed E-state index contributed by atoms with van der Waals surface area (Å²) in [4.78, 5) is 14.4. The number of para-hydroxylation sites is 1. The van der Waals surface area contributed by atoms with Crippen molar-refractivity contribution in [2.24, 2.45) is 5.14 Å². The minimum atomic E-state index is -3.86. The van der Waals surface area contributed by atoms with Crippen LogP contribution in [-0.2, 0) is 14.8 Å². The number of carbonyl (C=O) groups is 1. The highest BCUT2D eigenvalue weighted by Gasteiger charge is 2.19. The van der Waals surface area contributed by atoms with E-state index in [-0.39, 0.29) is 23.4 Å². The summed E-state index contributed by atoms with van der Waals surface area (Å²) in [7, 11) is -0.400. The number of amides is 1. The van der Waals surface area contributed by atoms with Crippen LogP contribution in [0.4, 0.5) is 5.69 Å². The maximum absolute atomic E-state index is 12.6. The van der Waals surface area contributed by atoms with E-state index in [4.69, 9.17) is 9.88 Å². The van der Waals surface area contributed by atoms with Crippen molar-refractivity contribution in [3.63, 3.8) is 0 Å². The minimum Gasteiger partial charge on any atom is -0.496 e. The average molecular weight is 406 g/mol. The summed E-state index contributed by atoms with van der Waals surface area (Å²) in [6.45, 7) is 5.70. The SMILES string of the molecule is COc1ccccc1C(C)N(C)CC(=O)Nc1cc(S(N)(=O)=O)cc(C)c1C. The summed E-state index contributed by atoms with van der Waals surface area (Å²) in [5, 5.41) is 8.02. The van der Waals surface area contributed by atoms with Crippen LogP contribution in [0.1, 0.15) is 29.7 Å². The van der Waals surface area contributed by atoms with Gasteiger partial charge in [-0.05, 0) is 57.1 Å². The number of anilines is 1. The van der Waals surface area contributed by atoms with Crippen LogP contribution in [-0.4, -0.2) is 39.9 Å². The summed E-state index contributed by atoms with van der Waals surface area (Å²) in [5.41, 5.74) is 2.94. The van der Waals surface area contributed by atoms with Gasteiger partial charge in [0.15, 0.2) is 0 Å². The van der Waals surface area contributed by atoms with E-state index in [1.54, 1.807) is 14.0 Å². The van der Waals surface area contributed by atoms with E-state index >= 15 is 0 Å². The zero-order valence-corrected chi connectivity index (χ0v) is 17.6. The van der Waals surface area contributed by atoms with Gasteiger partial charge in [0, 0.05) is 17.3 Å². The number of rotatable bonds is 7. The van der Waals surface area contributed by atoms with Gasteiger partial charge in [0.2, 0.25) is 15.9 Å². The Bertz CT molecular complexity index is 973. The van der Waals surface area contributed by atoms with E-state index in [9.17, 15) is 13.2 Å². The number of aryl methyl sites for hydroxylation is 1. The minimum absolute atomic E-state index is 0.0263. The van der Waals surface area contributed by atoms with Crippen LogP contribution in [0.3, 0.4) is 0 Å². The van der Waals surface area contributed by atoms with Crippen LogP contribution in [0.5, 0.6) is 5.75 Å². The van der Waals surface area contributed by atoms with Crippen molar-refractivity contribution < 1.29 is 17.9 Å². The number of methoxy groups -OCH3 is 1. The number of likely N-dealkylation sites (N-methyl/N-ethyl adjacent to an activating group) is 1. The van der Waals surface area contributed by atoms with Crippen LogP contribution < -0.4 is 15.2 Å². The molecule has 1 atom stereocenters. The molecule has 0 bridgehead atoms. The Hall–Kier alpha value is -2.42. The second kappa shape index (κ2) is 8.72. The smallest absolute Gasteiger partial charge is 0.238 e. The van der Waals surface area contributed by atoms with Gasteiger partial charge in [0.05, 0.1) is 18.6 Å². The van der Waals surface area contributed by atoms with Gasteiger partial charge in [-0.1, -0.05) is 18.2 Å². The third kappa shape index (κ3) is 5.09. The van der Waals surface area contributed by atoms with E-state index in [0.717, 1.165) is 22.4 Å². The molecule has 8 heteroatoms. The van der Waals surface area contributed by atoms with Crippen molar-refractivity contribution in [3.8, 4) is 5.75 Å². The molecule has 152 valence electrons. The molecule has 0 spiro atoms. The molecule has 0 aliphatic rings. The predicted octanol–water partition coefficient (Wildman–Crippen LogP) is 2.59. The van der Waals surface area contributed by atoms with Gasteiger partial charge in [-0.2, -0.15) is 0 Å². The van der Waals surface area contributed by atoms with Gasteiger partial charge in [0.1, 0.15) is 5.75 Å². The molecular formula is C20H27N3O4S. The van der Waals surface area contributed by atoms with Crippen molar-refractivity contribution in [2.45, 2.75) is 31.7 Å². The average Bonchev–Trinajstić information content (AvgIpc) is 2.63. The Balaban J connectivity index is 2.17. The van der Waals surface area contributed by atoms with Crippen LogP contribution in [0.15, 0.2) is 41.3 Å². The fraction of sp³-hybridized carbons (Fsp3) is 0.350. The third-order valence-electron chi connectivity index (χ3n) is 4.89. The lowest BCUT2D eigenvalue weighted by atomic mass is 10.1. The van der Waals surface area contributed by atoms with Crippen LogP contribution in [0.2, 0.25) is 0 Å². The molecule has 0 aliphatic carbocycles. The number of nitrogens with zero attached hydrogens (tertiary/aromatic N) is 1. The largest absolute Gasteiger partial charge is 0.496 e. The zero-order valence-electron chi connectivity index (χ0n) is 16.8. The summed E-state index contributed by atoms with van der Waals surface area (Å²) >= 11 is 0. The molecule has 0 heterocycles. The van der Waals surface area contributed by atoms with Crippen molar-refractivity contribution in [1.82, 2.24) is 4.90 Å². The molecule has 0 aliphatic heterocycles. The first-order chi connectivity index (χ1) is 13.0. The molecule has 0 aromatic heterocycles. The first-order valence-corrected chi connectivity index (χ1v) is 10.4. The zero-order chi connectivity index (χ0) is 21.1. The van der Waals surface area contributed by atoms with Gasteiger partial charge < -0.3 is 10.1 Å². The second-order valence-electron chi connectivity index (χ2n) is 6.84. The fourth-order valence-electron chi connectivity index (χ4n) is 2.92. The molecule has 0 saturated heterocycles. The van der Waals surface area contributed by atoms with Gasteiger partial charge in [-0.15, -0.1) is 0 Å². The Kier molecular flexibility index (Phi) is 6.82. The highest BCUT2D eigenvalue weighted by Crippen LogP contribution is 2.28. The summed E-state index contributed by atoms with van der Waals surface area (Å²) in [6.07, 6.45) is 0. The van der Waals surface area contributed by atoms with Crippen molar-refractivity contribution in [3.05, 3.63) is 53.1 Å². The molecule has 0 fully saturated rings. The highest BCUT2D eigenvalue weighted by atomic mass is 32.2. The number of primary sulfonamides is 1. The summed E-state index contributed by atoms with van der Waals surface area (Å²) < 4.78 is 28.7. The molecule has 2 aromatic carbocycles. The molecule has 7 nitrogen and oxygen atoms in total. The molecule has 2 aromatic rings. The lowest BCUT2D eigenvalue weighted by molar-refractivity contribution is -0.117. The van der Waals surface area contributed by atoms with Crippen LogP contribution in [0, 0.1) is 13.8 Å². The number of sulfonamides is 1. The Labute approximate surface area is 166 Å². The molecule has 3 N–H and O–H groups in total. The number of carbonyl (C=O) groups excluding carboxylic acids is 1. The van der Waals surface area contributed by atoms with Crippen molar-refractivity contribution >= 4 is 21.6 Å². The van der Waals surface area contributed by atoms with E-state index in [2.05, 4.69) is 5.32 Å². The van der Waals surface area contributed by atoms with E-state index in [0.29, 0.717) is 5.69 Å². The first-order valence-electron chi connectivity index (χ1n) is 8.81. The lowest BCUT2D eigenvalue weighted by Crippen LogP contribution is -2.32.